The lowest BCUT2D eigenvalue weighted by Gasteiger charge is -2.21. The van der Waals surface area contributed by atoms with Crippen LogP contribution in [-0.4, -0.2) is 13.1 Å². The van der Waals surface area contributed by atoms with Crippen molar-refractivity contribution in [2.75, 3.05) is 13.1 Å². The van der Waals surface area contributed by atoms with Crippen molar-refractivity contribution < 1.29 is 8.78 Å². The average Bonchev–Trinajstić information content (AvgIpc) is 2.33. The molecule has 0 aliphatic carbocycles. The first kappa shape index (κ1) is 16.1. The van der Waals surface area contributed by atoms with E-state index in [9.17, 15) is 8.78 Å². The Hall–Kier alpha value is -0.960. The smallest absolute Gasteiger partial charge is 0.126 e. The summed E-state index contributed by atoms with van der Waals surface area (Å²) in [7, 11) is 0. The largest absolute Gasteiger partial charge is 0.316 e. The summed E-state index contributed by atoms with van der Waals surface area (Å²) in [5, 5.41) is 3.41. The fourth-order valence-corrected chi connectivity index (χ4v) is 2.05. The monoisotopic (exact) mass is 269 g/mol. The highest BCUT2D eigenvalue weighted by molar-refractivity contribution is 5.19. The third-order valence-electron chi connectivity index (χ3n) is 3.54. The Morgan fingerprint density at radius 2 is 1.68 bits per heavy atom. The van der Waals surface area contributed by atoms with Gasteiger partial charge in [0, 0.05) is 0 Å². The van der Waals surface area contributed by atoms with Crippen LogP contribution in [0.3, 0.4) is 0 Å². The zero-order chi connectivity index (χ0) is 14.4. The average molecular weight is 269 g/mol. The molecule has 0 fully saturated rings. The summed E-state index contributed by atoms with van der Waals surface area (Å²) in [6, 6.07) is 3.68. The zero-order valence-corrected chi connectivity index (χ0v) is 12.3. The molecule has 0 heterocycles. The number of halogens is 2. The molecule has 0 bridgehead atoms. The first-order valence-electron chi connectivity index (χ1n) is 7.04. The molecular weight excluding hydrogens is 244 g/mol. The minimum absolute atomic E-state index is 0.310. The molecule has 0 spiro atoms. The molecule has 19 heavy (non-hydrogen) atoms. The molecule has 2 atom stereocenters. The van der Waals surface area contributed by atoms with Gasteiger partial charge in [-0.1, -0.05) is 27.7 Å². The van der Waals surface area contributed by atoms with E-state index < -0.39 is 0 Å². The highest BCUT2D eigenvalue weighted by atomic mass is 19.1. The second-order valence-electron chi connectivity index (χ2n) is 5.95. The second-order valence-corrected chi connectivity index (χ2v) is 5.95. The number of rotatable bonds is 7. The number of hydrogen-bond donors (Lipinski definition) is 1. The van der Waals surface area contributed by atoms with Gasteiger partial charge in [0.2, 0.25) is 0 Å². The zero-order valence-electron chi connectivity index (χ0n) is 12.3. The molecular formula is C16H25F2N. The maximum atomic E-state index is 13.6. The lowest BCUT2D eigenvalue weighted by molar-refractivity contribution is 0.353. The van der Waals surface area contributed by atoms with Crippen LogP contribution in [0.4, 0.5) is 8.78 Å². The number of benzene rings is 1. The van der Waals surface area contributed by atoms with Gasteiger partial charge in [-0.25, -0.2) is 8.78 Å². The minimum Gasteiger partial charge on any atom is -0.316 e. The Balaban J connectivity index is 2.49. The van der Waals surface area contributed by atoms with E-state index in [-0.39, 0.29) is 11.6 Å². The summed E-state index contributed by atoms with van der Waals surface area (Å²) in [5.41, 5.74) is 0.475. The Morgan fingerprint density at radius 3 is 2.32 bits per heavy atom. The standard InChI is InChI=1S/C16H25F2N/c1-11(2)9-19-10-13(4)12(3)7-14-8-15(17)5-6-16(14)18/h5-6,8,11-13,19H,7,9-10H2,1-4H3. The Labute approximate surface area is 115 Å². The number of hydrogen-bond acceptors (Lipinski definition) is 1. The molecule has 0 radical (unpaired) electrons. The van der Waals surface area contributed by atoms with E-state index in [1.54, 1.807) is 0 Å². The second kappa shape index (κ2) is 7.59. The summed E-state index contributed by atoms with van der Waals surface area (Å²) in [5.74, 6) is 0.699. The Morgan fingerprint density at radius 1 is 1.00 bits per heavy atom. The highest BCUT2D eigenvalue weighted by Gasteiger charge is 2.15. The molecule has 1 aromatic carbocycles. The lowest BCUT2D eigenvalue weighted by Crippen LogP contribution is -2.29. The quantitative estimate of drug-likeness (QED) is 0.788. The van der Waals surface area contributed by atoms with Gasteiger partial charge in [0.1, 0.15) is 11.6 Å². The molecule has 3 heteroatoms. The topological polar surface area (TPSA) is 12.0 Å². The summed E-state index contributed by atoms with van der Waals surface area (Å²) in [6.45, 7) is 10.5. The molecule has 2 unspecified atom stereocenters. The van der Waals surface area contributed by atoms with Crippen LogP contribution in [0.2, 0.25) is 0 Å². The van der Waals surface area contributed by atoms with Crippen molar-refractivity contribution >= 4 is 0 Å². The lowest BCUT2D eigenvalue weighted by atomic mass is 9.89. The van der Waals surface area contributed by atoms with E-state index in [0.29, 0.717) is 29.7 Å². The van der Waals surface area contributed by atoms with Gasteiger partial charge >= 0.3 is 0 Å². The van der Waals surface area contributed by atoms with Crippen LogP contribution in [0.5, 0.6) is 0 Å². The van der Waals surface area contributed by atoms with E-state index >= 15 is 0 Å². The van der Waals surface area contributed by atoms with Crippen molar-refractivity contribution in [3.8, 4) is 0 Å². The fraction of sp³-hybridized carbons (Fsp3) is 0.625. The van der Waals surface area contributed by atoms with E-state index in [2.05, 4.69) is 33.0 Å². The van der Waals surface area contributed by atoms with E-state index in [0.717, 1.165) is 19.2 Å². The van der Waals surface area contributed by atoms with Gasteiger partial charge in [0.25, 0.3) is 0 Å². The predicted octanol–water partition coefficient (Wildman–Crippen LogP) is 4.03. The van der Waals surface area contributed by atoms with Crippen LogP contribution in [0.15, 0.2) is 18.2 Å². The van der Waals surface area contributed by atoms with Gasteiger partial charge in [0.05, 0.1) is 0 Å². The molecule has 0 saturated carbocycles. The number of nitrogens with one attached hydrogen (secondary N) is 1. The molecule has 0 saturated heterocycles. The van der Waals surface area contributed by atoms with Crippen molar-refractivity contribution in [2.24, 2.45) is 17.8 Å². The van der Waals surface area contributed by atoms with Crippen LogP contribution in [0.1, 0.15) is 33.3 Å². The molecule has 0 aromatic heterocycles. The fourth-order valence-electron chi connectivity index (χ4n) is 2.05. The maximum Gasteiger partial charge on any atom is 0.126 e. The van der Waals surface area contributed by atoms with Gasteiger partial charge < -0.3 is 5.32 Å². The molecule has 1 rings (SSSR count). The van der Waals surface area contributed by atoms with Gasteiger partial charge in [-0.05, 0) is 61.0 Å². The minimum atomic E-state index is -0.366. The first-order chi connectivity index (χ1) is 8.90. The van der Waals surface area contributed by atoms with Crippen LogP contribution in [0.25, 0.3) is 0 Å². The van der Waals surface area contributed by atoms with E-state index in [4.69, 9.17) is 0 Å². The van der Waals surface area contributed by atoms with Crippen molar-refractivity contribution in [1.82, 2.24) is 5.32 Å². The molecule has 0 aliphatic rings. The van der Waals surface area contributed by atoms with Gasteiger partial charge in [-0.2, -0.15) is 0 Å². The van der Waals surface area contributed by atoms with Gasteiger partial charge in [0.15, 0.2) is 0 Å². The van der Waals surface area contributed by atoms with E-state index in [1.165, 1.54) is 12.1 Å². The SMILES string of the molecule is CC(C)CNCC(C)C(C)Cc1cc(F)ccc1F. The van der Waals surface area contributed by atoms with Crippen molar-refractivity contribution in [3.63, 3.8) is 0 Å². The normalized spacial score (nSPS) is 14.7. The van der Waals surface area contributed by atoms with Crippen LogP contribution in [0, 0.1) is 29.4 Å². The molecule has 108 valence electrons. The molecule has 1 aromatic rings. The highest BCUT2D eigenvalue weighted by Crippen LogP contribution is 2.19. The molecule has 1 N–H and O–H groups in total. The third-order valence-corrected chi connectivity index (χ3v) is 3.54. The van der Waals surface area contributed by atoms with Crippen molar-refractivity contribution in [2.45, 2.75) is 34.1 Å². The van der Waals surface area contributed by atoms with Crippen molar-refractivity contribution in [3.05, 3.63) is 35.4 Å². The van der Waals surface area contributed by atoms with Crippen LogP contribution < -0.4 is 5.32 Å². The molecule has 0 aliphatic heterocycles. The van der Waals surface area contributed by atoms with Crippen LogP contribution >= 0.6 is 0 Å². The van der Waals surface area contributed by atoms with Crippen molar-refractivity contribution in [1.29, 1.82) is 0 Å². The van der Waals surface area contributed by atoms with Gasteiger partial charge in [-0.3, -0.25) is 0 Å². The third kappa shape index (κ3) is 5.68. The summed E-state index contributed by atoms with van der Waals surface area (Å²) in [4.78, 5) is 0. The van der Waals surface area contributed by atoms with E-state index in [1.807, 2.05) is 0 Å². The Kier molecular flexibility index (Phi) is 6.43. The van der Waals surface area contributed by atoms with Crippen LogP contribution in [-0.2, 0) is 6.42 Å². The van der Waals surface area contributed by atoms with Gasteiger partial charge in [-0.15, -0.1) is 0 Å². The molecule has 1 nitrogen and oxygen atoms in total. The summed E-state index contributed by atoms with van der Waals surface area (Å²) < 4.78 is 26.7. The summed E-state index contributed by atoms with van der Waals surface area (Å²) in [6.07, 6.45) is 0.577. The summed E-state index contributed by atoms with van der Waals surface area (Å²) >= 11 is 0. The molecule has 0 amide bonds. The maximum absolute atomic E-state index is 13.6. The first-order valence-corrected chi connectivity index (χ1v) is 7.04. The predicted molar refractivity (Wildman–Crippen MR) is 76.1 cm³/mol. The Bertz CT molecular complexity index is 390.